The van der Waals surface area contributed by atoms with Crippen LogP contribution in [0.2, 0.25) is 0 Å². The molecule has 1 unspecified atom stereocenters. The average molecular weight is 282 g/mol. The zero-order valence-corrected chi connectivity index (χ0v) is 10.4. The molecule has 0 radical (unpaired) electrons. The normalized spacial score (nSPS) is 28.9. The Labute approximate surface area is 111 Å². The molecular formula is C10H10N4O4S. The predicted molar refractivity (Wildman–Crippen MR) is 62.4 cm³/mol. The lowest BCUT2D eigenvalue weighted by molar-refractivity contribution is -0.0453. The molecule has 1 fully saturated rings. The molecular weight excluding hydrogens is 272 g/mol. The Hall–Kier alpha value is -1.55. The summed E-state index contributed by atoms with van der Waals surface area (Å²) in [4.78, 5) is 22.4. The van der Waals surface area contributed by atoms with Crippen LogP contribution in [-0.4, -0.2) is 44.6 Å². The number of nitrogens with zero attached hydrogens (tertiary/aromatic N) is 4. The lowest BCUT2D eigenvalue weighted by Crippen LogP contribution is -2.31. The highest BCUT2D eigenvalue weighted by Crippen LogP contribution is 2.27. The fourth-order valence-electron chi connectivity index (χ4n) is 2.09. The van der Waals surface area contributed by atoms with Gasteiger partial charge in [0, 0.05) is 6.42 Å². The van der Waals surface area contributed by atoms with Gasteiger partial charge in [0.25, 0.3) is 0 Å². The van der Waals surface area contributed by atoms with Crippen molar-refractivity contribution >= 4 is 18.2 Å². The largest absolute Gasteiger partial charge is 0.394 e. The van der Waals surface area contributed by atoms with E-state index in [-0.39, 0.29) is 28.5 Å². The van der Waals surface area contributed by atoms with Crippen molar-refractivity contribution in [2.45, 2.75) is 24.9 Å². The SMILES string of the molecule is O=C1N=c2ncn(C3C[C@H](O)[C@@H](CO)O3)c(=S)c2=N1. The molecule has 2 aliphatic rings. The van der Waals surface area contributed by atoms with Crippen LogP contribution < -0.4 is 10.8 Å². The molecule has 0 aliphatic carbocycles. The summed E-state index contributed by atoms with van der Waals surface area (Å²) in [5.41, 5.74) is 0.198. The zero-order chi connectivity index (χ0) is 13.6. The summed E-state index contributed by atoms with van der Waals surface area (Å²) in [6.07, 6.45) is -0.277. The number of amides is 2. The molecule has 1 aromatic rings. The van der Waals surface area contributed by atoms with Crippen LogP contribution in [0, 0.1) is 4.64 Å². The van der Waals surface area contributed by atoms with Crippen LogP contribution in [-0.2, 0) is 4.74 Å². The van der Waals surface area contributed by atoms with Crippen molar-refractivity contribution in [3.8, 4) is 0 Å². The molecule has 0 aromatic carbocycles. The lowest BCUT2D eigenvalue weighted by Gasteiger charge is -2.14. The summed E-state index contributed by atoms with van der Waals surface area (Å²) in [5.74, 6) is 0. The molecule has 1 saturated heterocycles. The Balaban J connectivity index is 2.04. The van der Waals surface area contributed by atoms with E-state index in [1.807, 2.05) is 0 Å². The number of aliphatic hydroxyl groups excluding tert-OH is 2. The van der Waals surface area contributed by atoms with Gasteiger partial charge in [-0.3, -0.25) is 4.57 Å². The molecule has 19 heavy (non-hydrogen) atoms. The number of carbonyl (C=O) groups excluding carboxylic acids is 1. The van der Waals surface area contributed by atoms with Gasteiger partial charge in [0.1, 0.15) is 28.7 Å². The molecule has 0 saturated carbocycles. The van der Waals surface area contributed by atoms with Crippen molar-refractivity contribution in [2.75, 3.05) is 6.61 Å². The zero-order valence-electron chi connectivity index (χ0n) is 9.63. The number of aromatic nitrogens is 2. The van der Waals surface area contributed by atoms with Gasteiger partial charge in [-0.1, -0.05) is 12.2 Å². The Morgan fingerprint density at radius 2 is 2.32 bits per heavy atom. The van der Waals surface area contributed by atoms with Gasteiger partial charge in [-0.2, -0.15) is 9.98 Å². The highest BCUT2D eigenvalue weighted by molar-refractivity contribution is 7.71. The summed E-state index contributed by atoms with van der Waals surface area (Å²) in [7, 11) is 0. The van der Waals surface area contributed by atoms with E-state index in [0.29, 0.717) is 0 Å². The molecule has 8 nitrogen and oxygen atoms in total. The van der Waals surface area contributed by atoms with Gasteiger partial charge in [-0.05, 0) is 0 Å². The molecule has 2 amide bonds. The third kappa shape index (κ3) is 2.00. The van der Waals surface area contributed by atoms with Gasteiger partial charge in [-0.15, -0.1) is 0 Å². The summed E-state index contributed by atoms with van der Waals surface area (Å²) < 4.78 is 7.25. The maximum absolute atomic E-state index is 11.1. The first-order valence-electron chi connectivity index (χ1n) is 5.63. The molecule has 1 aromatic heterocycles. The highest BCUT2D eigenvalue weighted by Gasteiger charge is 2.34. The van der Waals surface area contributed by atoms with Crippen molar-refractivity contribution in [1.82, 2.24) is 9.55 Å². The van der Waals surface area contributed by atoms with Crippen molar-refractivity contribution in [3.63, 3.8) is 0 Å². The van der Waals surface area contributed by atoms with E-state index < -0.39 is 24.5 Å². The maximum atomic E-state index is 11.1. The van der Waals surface area contributed by atoms with Crippen molar-refractivity contribution < 1.29 is 19.7 Å². The van der Waals surface area contributed by atoms with E-state index in [1.54, 1.807) is 0 Å². The molecule has 0 bridgehead atoms. The first-order valence-corrected chi connectivity index (χ1v) is 6.04. The third-order valence-electron chi connectivity index (χ3n) is 3.06. The lowest BCUT2D eigenvalue weighted by atomic mass is 10.2. The molecule has 3 heterocycles. The van der Waals surface area contributed by atoms with Crippen LogP contribution in [0.5, 0.6) is 0 Å². The predicted octanol–water partition coefficient (Wildman–Crippen LogP) is -1.37. The maximum Gasteiger partial charge on any atom is 0.369 e. The highest BCUT2D eigenvalue weighted by atomic mass is 32.1. The minimum absolute atomic E-state index is 0.198. The number of ether oxygens (including phenoxy) is 1. The fraction of sp³-hybridized carbons (Fsp3) is 0.500. The quantitative estimate of drug-likeness (QED) is 0.647. The van der Waals surface area contributed by atoms with Crippen LogP contribution in [0.3, 0.4) is 0 Å². The summed E-state index contributed by atoms with van der Waals surface area (Å²) in [6, 6.07) is -0.632. The molecule has 2 aliphatic heterocycles. The number of urea groups is 1. The van der Waals surface area contributed by atoms with Crippen molar-refractivity contribution in [1.29, 1.82) is 0 Å². The number of hydrogen-bond donors (Lipinski definition) is 2. The van der Waals surface area contributed by atoms with Gasteiger partial charge in [0.15, 0.2) is 5.49 Å². The van der Waals surface area contributed by atoms with Crippen LogP contribution >= 0.6 is 12.2 Å². The smallest absolute Gasteiger partial charge is 0.369 e. The van der Waals surface area contributed by atoms with E-state index >= 15 is 0 Å². The molecule has 2 N–H and O–H groups in total. The van der Waals surface area contributed by atoms with Gasteiger partial charge in [0.05, 0.1) is 12.7 Å². The minimum Gasteiger partial charge on any atom is -0.394 e. The van der Waals surface area contributed by atoms with Crippen molar-refractivity contribution in [2.24, 2.45) is 9.98 Å². The molecule has 9 heteroatoms. The van der Waals surface area contributed by atoms with E-state index in [9.17, 15) is 9.90 Å². The topological polar surface area (TPSA) is 109 Å². The summed E-state index contributed by atoms with van der Waals surface area (Å²) >= 11 is 5.21. The summed E-state index contributed by atoms with van der Waals surface area (Å²) in [6.45, 7) is -0.276. The number of aliphatic hydroxyl groups is 2. The second-order valence-electron chi connectivity index (χ2n) is 4.25. The monoisotopic (exact) mass is 282 g/mol. The van der Waals surface area contributed by atoms with Crippen LogP contribution in [0.25, 0.3) is 0 Å². The molecule has 100 valence electrons. The molecule has 0 spiro atoms. The van der Waals surface area contributed by atoms with Gasteiger partial charge >= 0.3 is 6.03 Å². The number of carbonyl (C=O) groups is 1. The van der Waals surface area contributed by atoms with Gasteiger partial charge in [0.2, 0.25) is 0 Å². The Morgan fingerprint density at radius 3 is 3.00 bits per heavy atom. The second-order valence-corrected chi connectivity index (χ2v) is 4.64. The Kier molecular flexibility index (Phi) is 2.97. The number of rotatable bonds is 2. The van der Waals surface area contributed by atoms with Gasteiger partial charge in [-0.25, -0.2) is 9.78 Å². The van der Waals surface area contributed by atoms with Crippen LogP contribution in [0.15, 0.2) is 16.3 Å². The first-order chi connectivity index (χ1) is 9.10. The minimum atomic E-state index is -0.770. The molecule has 3 atom stereocenters. The van der Waals surface area contributed by atoms with E-state index in [2.05, 4.69) is 15.0 Å². The first kappa shape index (κ1) is 12.5. The van der Waals surface area contributed by atoms with Gasteiger partial charge < -0.3 is 14.9 Å². The standard InChI is InChI=1S/C10H10N4O4S/c15-2-5-4(16)1-6(18-5)14-3-11-8-7(9(14)19)12-10(17)13-8/h3-6,15-16H,1-2H2/t4-,5+,6?/m0/s1. The molecule has 3 rings (SSSR count). The van der Waals surface area contributed by atoms with E-state index in [0.717, 1.165) is 0 Å². The van der Waals surface area contributed by atoms with Crippen LogP contribution in [0.4, 0.5) is 4.79 Å². The number of fused-ring (bicyclic) bond motifs is 1. The van der Waals surface area contributed by atoms with E-state index in [4.69, 9.17) is 22.1 Å². The summed E-state index contributed by atoms with van der Waals surface area (Å²) in [5, 5.41) is 19.0. The Morgan fingerprint density at radius 1 is 1.53 bits per heavy atom. The van der Waals surface area contributed by atoms with Crippen molar-refractivity contribution in [3.05, 3.63) is 21.8 Å². The fourth-order valence-corrected chi connectivity index (χ4v) is 2.40. The number of hydrogen-bond acceptors (Lipinski definition) is 6. The Bertz CT molecular complexity index is 715. The van der Waals surface area contributed by atoms with Crippen LogP contribution in [0.1, 0.15) is 12.6 Å². The second kappa shape index (κ2) is 4.53. The average Bonchev–Trinajstić information content (AvgIpc) is 2.92. The third-order valence-corrected chi connectivity index (χ3v) is 3.46. The van der Waals surface area contributed by atoms with E-state index in [1.165, 1.54) is 10.9 Å².